The molecular weight excluding hydrogens is 336 g/mol. The van der Waals surface area contributed by atoms with E-state index in [9.17, 15) is 4.79 Å². The number of carbonyl (C=O) groups is 1. The first-order valence-corrected chi connectivity index (χ1v) is 9.78. The minimum absolute atomic E-state index is 0.0745. The van der Waals surface area contributed by atoms with Gasteiger partial charge in [0.25, 0.3) is 0 Å². The molecule has 0 aliphatic carbocycles. The van der Waals surface area contributed by atoms with Crippen LogP contribution in [0.5, 0.6) is 0 Å². The normalized spacial score (nSPS) is 11.5. The van der Waals surface area contributed by atoms with Crippen LogP contribution in [0, 0.1) is 5.92 Å². The van der Waals surface area contributed by atoms with Crippen LogP contribution in [0.2, 0.25) is 0 Å². The van der Waals surface area contributed by atoms with E-state index in [1.165, 1.54) is 0 Å². The predicted molar refractivity (Wildman–Crippen MR) is 103 cm³/mol. The maximum absolute atomic E-state index is 11.8. The van der Waals surface area contributed by atoms with Crippen molar-refractivity contribution in [2.45, 2.75) is 58.8 Å². The summed E-state index contributed by atoms with van der Waals surface area (Å²) in [7, 11) is 0. The van der Waals surface area contributed by atoms with Gasteiger partial charge in [0, 0.05) is 19.0 Å². The summed E-state index contributed by atoms with van der Waals surface area (Å²) in [6.45, 7) is 11.4. The van der Waals surface area contributed by atoms with Crippen LogP contribution in [0.1, 0.15) is 41.0 Å². The highest BCUT2D eigenvalue weighted by atomic mass is 32.2. The minimum Gasteiger partial charge on any atom is -0.367 e. The third-order valence-corrected chi connectivity index (χ3v) is 4.14. The van der Waals surface area contributed by atoms with Gasteiger partial charge in [-0.25, -0.2) is 14.6 Å². The average Bonchev–Trinajstić information content (AvgIpc) is 2.90. The molecule has 0 radical (unpaired) electrons. The molecule has 2 heterocycles. The number of hydrogen-bond acceptors (Lipinski definition) is 6. The summed E-state index contributed by atoms with van der Waals surface area (Å²) < 4.78 is 1.83. The second kappa shape index (κ2) is 9.03. The van der Waals surface area contributed by atoms with E-state index < -0.39 is 0 Å². The Balaban J connectivity index is 2.17. The molecule has 2 rings (SSSR count). The van der Waals surface area contributed by atoms with Gasteiger partial charge in [0.05, 0.1) is 18.1 Å². The van der Waals surface area contributed by atoms with E-state index in [1.807, 2.05) is 18.5 Å². The molecule has 0 saturated heterocycles. The molecule has 0 atom stereocenters. The van der Waals surface area contributed by atoms with Gasteiger partial charge in [0.1, 0.15) is 5.82 Å². The van der Waals surface area contributed by atoms with Crippen LogP contribution in [0.3, 0.4) is 0 Å². The highest BCUT2D eigenvalue weighted by molar-refractivity contribution is 7.99. The van der Waals surface area contributed by atoms with Crippen molar-refractivity contribution in [2.24, 2.45) is 5.92 Å². The van der Waals surface area contributed by atoms with E-state index >= 15 is 0 Å². The van der Waals surface area contributed by atoms with Crippen LogP contribution >= 0.6 is 11.8 Å². The smallest absolute Gasteiger partial charge is 0.220 e. The van der Waals surface area contributed by atoms with Crippen molar-refractivity contribution in [3.63, 3.8) is 0 Å². The molecule has 7 nitrogen and oxygen atoms in total. The number of thioether (sulfide) groups is 1. The fraction of sp³-hybridized carbons (Fsp3) is 0.647. The zero-order valence-electron chi connectivity index (χ0n) is 15.7. The number of hydrogen-bond donors (Lipinski definition) is 2. The fourth-order valence-corrected chi connectivity index (χ4v) is 2.99. The zero-order valence-corrected chi connectivity index (χ0v) is 16.5. The molecule has 2 aromatic rings. The summed E-state index contributed by atoms with van der Waals surface area (Å²) in [6, 6.07) is 0.274. The van der Waals surface area contributed by atoms with E-state index in [4.69, 9.17) is 0 Å². The molecule has 0 spiro atoms. The van der Waals surface area contributed by atoms with E-state index in [0.29, 0.717) is 25.4 Å². The van der Waals surface area contributed by atoms with Gasteiger partial charge in [-0.15, -0.1) is 0 Å². The van der Waals surface area contributed by atoms with Crippen molar-refractivity contribution in [1.82, 2.24) is 25.1 Å². The van der Waals surface area contributed by atoms with Crippen molar-refractivity contribution < 1.29 is 4.79 Å². The lowest BCUT2D eigenvalue weighted by Crippen LogP contribution is -2.28. The van der Waals surface area contributed by atoms with Crippen molar-refractivity contribution in [2.75, 3.05) is 17.6 Å². The monoisotopic (exact) mass is 364 g/mol. The lowest BCUT2D eigenvalue weighted by atomic mass is 10.1. The summed E-state index contributed by atoms with van der Waals surface area (Å²) >= 11 is 1.61. The number of anilines is 1. The Hall–Kier alpha value is -1.83. The molecule has 138 valence electrons. The predicted octanol–water partition coefficient (Wildman–Crippen LogP) is 2.92. The molecule has 0 aliphatic rings. The Bertz CT molecular complexity index is 712. The van der Waals surface area contributed by atoms with E-state index in [-0.39, 0.29) is 11.9 Å². The van der Waals surface area contributed by atoms with E-state index in [2.05, 4.69) is 46.5 Å². The topological polar surface area (TPSA) is 84.7 Å². The molecule has 2 N–H and O–H groups in total. The molecule has 0 aliphatic heterocycles. The number of aromatic nitrogens is 4. The van der Waals surface area contributed by atoms with Crippen LogP contribution < -0.4 is 10.6 Å². The van der Waals surface area contributed by atoms with Crippen LogP contribution in [0.4, 0.5) is 5.82 Å². The SMILES string of the molecule is CCSc1nc(NC(C)C)c2cnn(CCNC(=O)CC(C)C)c2n1. The molecule has 8 heteroatoms. The quantitative estimate of drug-likeness (QED) is 0.526. The summed E-state index contributed by atoms with van der Waals surface area (Å²) in [6.07, 6.45) is 2.33. The molecule has 0 bridgehead atoms. The molecule has 0 fully saturated rings. The summed E-state index contributed by atoms with van der Waals surface area (Å²) in [5, 5.41) is 12.4. The molecule has 0 unspecified atom stereocenters. The first-order chi connectivity index (χ1) is 11.9. The molecule has 25 heavy (non-hydrogen) atoms. The van der Waals surface area contributed by atoms with Crippen molar-refractivity contribution in [3.8, 4) is 0 Å². The Morgan fingerprint density at radius 2 is 2.04 bits per heavy atom. The minimum atomic E-state index is 0.0745. The highest BCUT2D eigenvalue weighted by Crippen LogP contribution is 2.24. The number of carbonyl (C=O) groups excluding carboxylic acids is 1. The molecule has 0 saturated carbocycles. The van der Waals surface area contributed by atoms with Crippen LogP contribution in [0.15, 0.2) is 11.4 Å². The Kier molecular flexibility index (Phi) is 7.04. The maximum atomic E-state index is 11.8. The summed E-state index contributed by atoms with van der Waals surface area (Å²) in [4.78, 5) is 21.0. The summed E-state index contributed by atoms with van der Waals surface area (Å²) in [5.74, 6) is 2.15. The van der Waals surface area contributed by atoms with Crippen LogP contribution in [-0.2, 0) is 11.3 Å². The standard InChI is InChI=1S/C17H28N6OS/c1-6-25-17-21-15(20-12(4)5)13-10-19-23(16(13)22-17)8-7-18-14(24)9-11(2)3/h10-12H,6-9H2,1-5H3,(H,18,24)(H,20,21,22). The first-order valence-electron chi connectivity index (χ1n) is 8.80. The van der Waals surface area contributed by atoms with Gasteiger partial charge in [-0.1, -0.05) is 32.5 Å². The fourth-order valence-electron chi connectivity index (χ4n) is 2.42. The molecule has 1 amide bonds. The Morgan fingerprint density at radius 1 is 1.28 bits per heavy atom. The van der Waals surface area contributed by atoms with Crippen LogP contribution in [0.25, 0.3) is 11.0 Å². The van der Waals surface area contributed by atoms with Crippen molar-refractivity contribution >= 4 is 34.5 Å². The lowest BCUT2D eigenvalue weighted by molar-refractivity contribution is -0.121. The maximum Gasteiger partial charge on any atom is 0.220 e. The van der Waals surface area contributed by atoms with Gasteiger partial charge in [0.15, 0.2) is 10.8 Å². The third kappa shape index (κ3) is 5.59. The largest absolute Gasteiger partial charge is 0.367 e. The van der Waals surface area contributed by atoms with Gasteiger partial charge >= 0.3 is 0 Å². The molecular formula is C17H28N6OS. The number of nitrogens with zero attached hydrogens (tertiary/aromatic N) is 4. The number of rotatable bonds is 9. The molecule has 0 aromatic carbocycles. The van der Waals surface area contributed by atoms with Gasteiger partial charge in [-0.05, 0) is 25.5 Å². The zero-order chi connectivity index (χ0) is 18.4. The number of nitrogens with one attached hydrogen (secondary N) is 2. The second-order valence-corrected chi connectivity index (χ2v) is 7.87. The van der Waals surface area contributed by atoms with Crippen LogP contribution in [-0.4, -0.2) is 44.0 Å². The lowest BCUT2D eigenvalue weighted by Gasteiger charge is -2.12. The van der Waals surface area contributed by atoms with Crippen molar-refractivity contribution in [1.29, 1.82) is 0 Å². The average molecular weight is 365 g/mol. The first kappa shape index (κ1) is 19.5. The Labute approximate surface area is 153 Å². The number of amides is 1. The highest BCUT2D eigenvalue weighted by Gasteiger charge is 2.14. The second-order valence-electron chi connectivity index (χ2n) is 6.64. The van der Waals surface area contributed by atoms with Gasteiger partial charge in [0.2, 0.25) is 5.91 Å². The van der Waals surface area contributed by atoms with Gasteiger partial charge in [-0.2, -0.15) is 5.10 Å². The van der Waals surface area contributed by atoms with Gasteiger partial charge in [-0.3, -0.25) is 4.79 Å². The molecule has 2 aromatic heterocycles. The van der Waals surface area contributed by atoms with E-state index in [1.54, 1.807) is 18.0 Å². The van der Waals surface area contributed by atoms with Gasteiger partial charge < -0.3 is 10.6 Å². The third-order valence-electron chi connectivity index (χ3n) is 3.41. The summed E-state index contributed by atoms with van der Waals surface area (Å²) in [5.41, 5.74) is 0.798. The van der Waals surface area contributed by atoms with E-state index in [0.717, 1.165) is 27.8 Å². The number of fused-ring (bicyclic) bond motifs is 1. The van der Waals surface area contributed by atoms with Crippen molar-refractivity contribution in [3.05, 3.63) is 6.20 Å². The Morgan fingerprint density at radius 3 is 2.68 bits per heavy atom.